The van der Waals surface area contributed by atoms with Gasteiger partial charge >= 0.3 is 5.97 Å². The molecule has 0 aromatic rings. The SMILES string of the molecule is COC1(C(=O)NC2CCCCN(CC(=O)O)C2=O)CCCC1. The molecule has 2 fully saturated rings. The number of likely N-dealkylation sites (tertiary alicyclic amines) is 1. The average molecular weight is 312 g/mol. The van der Waals surface area contributed by atoms with Crippen molar-refractivity contribution in [2.45, 2.75) is 56.6 Å². The van der Waals surface area contributed by atoms with E-state index in [-0.39, 0.29) is 18.4 Å². The lowest BCUT2D eigenvalue weighted by Gasteiger charge is -2.29. The maximum Gasteiger partial charge on any atom is 0.323 e. The summed E-state index contributed by atoms with van der Waals surface area (Å²) in [6.45, 7) is 0.105. The van der Waals surface area contributed by atoms with Gasteiger partial charge in [0, 0.05) is 13.7 Å². The van der Waals surface area contributed by atoms with Gasteiger partial charge in [-0.2, -0.15) is 0 Å². The topological polar surface area (TPSA) is 95.9 Å². The number of carbonyl (C=O) groups is 3. The van der Waals surface area contributed by atoms with Crippen molar-refractivity contribution >= 4 is 17.8 Å². The van der Waals surface area contributed by atoms with Crippen molar-refractivity contribution in [1.29, 1.82) is 0 Å². The molecule has 7 nitrogen and oxygen atoms in total. The van der Waals surface area contributed by atoms with Crippen molar-refractivity contribution in [2.24, 2.45) is 0 Å². The molecular formula is C15H24N2O5. The molecule has 0 radical (unpaired) electrons. The second-order valence-corrected chi connectivity index (χ2v) is 6.08. The minimum atomic E-state index is -1.04. The van der Waals surface area contributed by atoms with Gasteiger partial charge in [0.05, 0.1) is 0 Å². The quantitative estimate of drug-likeness (QED) is 0.772. The minimum absolute atomic E-state index is 0.247. The number of hydrogen-bond donors (Lipinski definition) is 2. The molecule has 1 aliphatic heterocycles. The van der Waals surface area contributed by atoms with Crippen LogP contribution in [0.1, 0.15) is 44.9 Å². The Morgan fingerprint density at radius 2 is 2.00 bits per heavy atom. The molecule has 2 rings (SSSR count). The first-order valence-corrected chi connectivity index (χ1v) is 7.85. The lowest BCUT2D eigenvalue weighted by molar-refractivity contribution is -0.149. The van der Waals surface area contributed by atoms with Gasteiger partial charge in [-0.3, -0.25) is 14.4 Å². The highest BCUT2D eigenvalue weighted by atomic mass is 16.5. The lowest BCUT2D eigenvalue weighted by Crippen LogP contribution is -2.54. The summed E-state index contributed by atoms with van der Waals surface area (Å²) in [6.07, 6.45) is 5.27. The van der Waals surface area contributed by atoms with E-state index in [9.17, 15) is 14.4 Å². The molecule has 1 unspecified atom stereocenters. The van der Waals surface area contributed by atoms with Gasteiger partial charge in [0.2, 0.25) is 5.91 Å². The first kappa shape index (κ1) is 16.7. The summed E-state index contributed by atoms with van der Waals surface area (Å²) in [5.74, 6) is -1.59. The maximum absolute atomic E-state index is 12.5. The monoisotopic (exact) mass is 312 g/mol. The molecule has 1 atom stereocenters. The van der Waals surface area contributed by atoms with E-state index < -0.39 is 17.6 Å². The Labute approximate surface area is 130 Å². The molecular weight excluding hydrogens is 288 g/mol. The number of nitrogens with one attached hydrogen (secondary N) is 1. The van der Waals surface area contributed by atoms with Crippen molar-refractivity contribution in [2.75, 3.05) is 20.2 Å². The molecule has 7 heteroatoms. The molecule has 0 aromatic heterocycles. The van der Waals surface area contributed by atoms with E-state index in [2.05, 4.69) is 5.32 Å². The van der Waals surface area contributed by atoms with Gasteiger partial charge in [0.25, 0.3) is 5.91 Å². The number of hydrogen-bond acceptors (Lipinski definition) is 4. The van der Waals surface area contributed by atoms with Crippen LogP contribution in [0.2, 0.25) is 0 Å². The smallest absolute Gasteiger partial charge is 0.323 e. The molecule has 1 heterocycles. The summed E-state index contributed by atoms with van der Waals surface area (Å²) >= 11 is 0. The number of ether oxygens (including phenoxy) is 1. The van der Waals surface area contributed by atoms with E-state index in [0.29, 0.717) is 25.8 Å². The van der Waals surface area contributed by atoms with E-state index in [4.69, 9.17) is 9.84 Å². The third-order valence-corrected chi connectivity index (χ3v) is 4.63. The van der Waals surface area contributed by atoms with E-state index in [1.807, 2.05) is 0 Å². The lowest BCUT2D eigenvalue weighted by atomic mass is 9.99. The van der Waals surface area contributed by atoms with Gasteiger partial charge in [-0.05, 0) is 44.9 Å². The first-order chi connectivity index (χ1) is 10.5. The first-order valence-electron chi connectivity index (χ1n) is 7.85. The predicted molar refractivity (Wildman–Crippen MR) is 78.2 cm³/mol. The Hall–Kier alpha value is -1.63. The van der Waals surface area contributed by atoms with Crippen LogP contribution in [0, 0.1) is 0 Å². The second kappa shape index (κ2) is 7.09. The van der Waals surface area contributed by atoms with Crippen LogP contribution in [0.4, 0.5) is 0 Å². The van der Waals surface area contributed by atoms with Gasteiger partial charge in [0.1, 0.15) is 18.2 Å². The van der Waals surface area contributed by atoms with Crippen LogP contribution < -0.4 is 5.32 Å². The number of aliphatic carboxylic acids is 1. The van der Waals surface area contributed by atoms with E-state index >= 15 is 0 Å². The van der Waals surface area contributed by atoms with E-state index in [1.54, 1.807) is 0 Å². The molecule has 1 saturated carbocycles. The molecule has 0 bridgehead atoms. The Balaban J connectivity index is 2.04. The van der Waals surface area contributed by atoms with Crippen LogP contribution in [-0.4, -0.2) is 59.6 Å². The number of rotatable bonds is 5. The van der Waals surface area contributed by atoms with Gasteiger partial charge in [0.15, 0.2) is 0 Å². The number of amides is 2. The third kappa shape index (κ3) is 3.58. The number of carboxylic acids is 1. The van der Waals surface area contributed by atoms with Crippen LogP contribution in [0.3, 0.4) is 0 Å². The fourth-order valence-corrected chi connectivity index (χ4v) is 3.32. The molecule has 124 valence electrons. The van der Waals surface area contributed by atoms with Crippen LogP contribution >= 0.6 is 0 Å². The minimum Gasteiger partial charge on any atom is -0.480 e. The standard InChI is InChI=1S/C15H24N2O5/c1-22-15(7-3-4-8-15)14(21)16-11-6-2-5-9-17(13(11)20)10-12(18)19/h11H,2-10H2,1H3,(H,16,21)(H,18,19). The number of carboxylic acid groups (broad SMARTS) is 1. The Morgan fingerprint density at radius 3 is 2.59 bits per heavy atom. The molecule has 2 amide bonds. The third-order valence-electron chi connectivity index (χ3n) is 4.63. The summed E-state index contributed by atoms with van der Waals surface area (Å²) in [6, 6.07) is -0.651. The van der Waals surface area contributed by atoms with Crippen LogP contribution in [-0.2, 0) is 19.1 Å². The van der Waals surface area contributed by atoms with Crippen molar-refractivity contribution in [3.8, 4) is 0 Å². The molecule has 22 heavy (non-hydrogen) atoms. The Bertz CT molecular complexity index is 445. The molecule has 1 saturated heterocycles. The van der Waals surface area contributed by atoms with E-state index in [1.165, 1.54) is 12.0 Å². The summed E-state index contributed by atoms with van der Waals surface area (Å²) in [5.41, 5.74) is -0.829. The van der Waals surface area contributed by atoms with Crippen molar-refractivity contribution in [3.63, 3.8) is 0 Å². The summed E-state index contributed by atoms with van der Waals surface area (Å²) in [4.78, 5) is 37.1. The zero-order chi connectivity index (χ0) is 16.2. The molecule has 0 aromatic carbocycles. The van der Waals surface area contributed by atoms with Crippen molar-refractivity contribution in [1.82, 2.24) is 10.2 Å². The average Bonchev–Trinajstić information content (AvgIpc) is 2.92. The molecule has 0 spiro atoms. The number of nitrogens with zero attached hydrogens (tertiary/aromatic N) is 1. The number of methoxy groups -OCH3 is 1. The maximum atomic E-state index is 12.5. The highest BCUT2D eigenvalue weighted by Crippen LogP contribution is 2.33. The molecule has 2 N–H and O–H groups in total. The largest absolute Gasteiger partial charge is 0.480 e. The Morgan fingerprint density at radius 1 is 1.32 bits per heavy atom. The normalized spacial score (nSPS) is 24.9. The van der Waals surface area contributed by atoms with Crippen LogP contribution in [0.15, 0.2) is 0 Å². The van der Waals surface area contributed by atoms with Crippen molar-refractivity contribution < 1.29 is 24.2 Å². The van der Waals surface area contributed by atoms with Crippen molar-refractivity contribution in [3.05, 3.63) is 0 Å². The van der Waals surface area contributed by atoms with Crippen LogP contribution in [0.25, 0.3) is 0 Å². The fraction of sp³-hybridized carbons (Fsp3) is 0.800. The van der Waals surface area contributed by atoms with Gasteiger partial charge in [-0.15, -0.1) is 0 Å². The second-order valence-electron chi connectivity index (χ2n) is 6.08. The number of carbonyl (C=O) groups excluding carboxylic acids is 2. The van der Waals surface area contributed by atoms with E-state index in [0.717, 1.165) is 25.7 Å². The van der Waals surface area contributed by atoms with Crippen LogP contribution in [0.5, 0.6) is 0 Å². The van der Waals surface area contributed by atoms with Gasteiger partial charge < -0.3 is 20.1 Å². The summed E-state index contributed by atoms with van der Waals surface area (Å²) < 4.78 is 5.43. The Kier molecular flexibility index (Phi) is 5.39. The predicted octanol–water partition coefficient (Wildman–Crippen LogP) is 0.527. The zero-order valence-electron chi connectivity index (χ0n) is 13.0. The zero-order valence-corrected chi connectivity index (χ0v) is 13.0. The molecule has 1 aliphatic carbocycles. The highest BCUT2D eigenvalue weighted by molar-refractivity contribution is 5.92. The fourth-order valence-electron chi connectivity index (χ4n) is 3.32. The van der Waals surface area contributed by atoms with Gasteiger partial charge in [-0.25, -0.2) is 0 Å². The van der Waals surface area contributed by atoms with Gasteiger partial charge in [-0.1, -0.05) is 0 Å². The molecule has 2 aliphatic rings. The summed E-state index contributed by atoms with van der Waals surface area (Å²) in [7, 11) is 1.52. The highest BCUT2D eigenvalue weighted by Gasteiger charge is 2.43. The summed E-state index contributed by atoms with van der Waals surface area (Å²) in [5, 5.41) is 11.7.